The fourth-order valence-corrected chi connectivity index (χ4v) is 1.67. The second-order valence-corrected chi connectivity index (χ2v) is 4.83. The lowest BCUT2D eigenvalue weighted by Crippen LogP contribution is -2.37. The largest absolute Gasteiger partial charge is 0.376 e. The smallest absolute Gasteiger partial charge is 0.241 e. The Morgan fingerprint density at radius 1 is 1.24 bits per heavy atom. The van der Waals surface area contributed by atoms with Gasteiger partial charge in [0.1, 0.15) is 0 Å². The molecule has 1 N–H and O–H groups in total. The Morgan fingerprint density at radius 2 is 1.76 bits per heavy atom. The fourth-order valence-electron chi connectivity index (χ4n) is 1.67. The van der Waals surface area contributed by atoms with E-state index >= 15 is 0 Å². The third-order valence-electron chi connectivity index (χ3n) is 2.83. The Morgan fingerprint density at radius 3 is 2.24 bits per heavy atom. The molecule has 3 heteroatoms. The molecule has 0 aliphatic carbocycles. The van der Waals surface area contributed by atoms with Crippen molar-refractivity contribution in [1.82, 2.24) is 4.90 Å². The minimum Gasteiger partial charge on any atom is -0.376 e. The van der Waals surface area contributed by atoms with Gasteiger partial charge >= 0.3 is 0 Å². The summed E-state index contributed by atoms with van der Waals surface area (Å²) in [5.41, 5.74) is 3.42. The maximum Gasteiger partial charge on any atom is 0.241 e. The molecule has 0 saturated carbocycles. The van der Waals surface area contributed by atoms with Crippen LogP contribution >= 0.6 is 0 Å². The first-order valence-electron chi connectivity index (χ1n) is 5.98. The van der Waals surface area contributed by atoms with Crippen molar-refractivity contribution in [2.75, 3.05) is 18.9 Å². The van der Waals surface area contributed by atoms with Crippen molar-refractivity contribution < 1.29 is 4.79 Å². The van der Waals surface area contributed by atoms with Crippen LogP contribution in [0.1, 0.15) is 25.0 Å². The number of likely N-dealkylation sites (N-methyl/N-ethyl adjacent to an activating group) is 1. The summed E-state index contributed by atoms with van der Waals surface area (Å²) in [6.07, 6.45) is 0. The van der Waals surface area contributed by atoms with Gasteiger partial charge in [0, 0.05) is 18.8 Å². The standard InChI is InChI=1S/C14H22N2O/c1-10(2)16(5)14(17)9-15-13-7-11(3)6-12(4)8-13/h6-8,10,15H,9H2,1-5H3. The van der Waals surface area contributed by atoms with E-state index in [4.69, 9.17) is 0 Å². The van der Waals surface area contributed by atoms with Crippen LogP contribution in [0.5, 0.6) is 0 Å². The van der Waals surface area contributed by atoms with E-state index in [-0.39, 0.29) is 11.9 Å². The summed E-state index contributed by atoms with van der Waals surface area (Å²) in [5, 5.41) is 3.17. The number of hydrogen-bond acceptors (Lipinski definition) is 2. The molecule has 0 radical (unpaired) electrons. The second-order valence-electron chi connectivity index (χ2n) is 4.83. The van der Waals surface area contributed by atoms with Gasteiger partial charge in [0.25, 0.3) is 0 Å². The molecular formula is C14H22N2O. The van der Waals surface area contributed by atoms with Crippen molar-refractivity contribution in [3.8, 4) is 0 Å². The quantitative estimate of drug-likeness (QED) is 0.868. The third kappa shape index (κ3) is 4.10. The lowest BCUT2D eigenvalue weighted by atomic mass is 10.1. The maximum atomic E-state index is 11.8. The second kappa shape index (κ2) is 5.71. The zero-order chi connectivity index (χ0) is 13.0. The van der Waals surface area contributed by atoms with E-state index in [9.17, 15) is 4.79 Å². The number of carbonyl (C=O) groups excluding carboxylic acids is 1. The molecule has 17 heavy (non-hydrogen) atoms. The number of hydrogen-bond donors (Lipinski definition) is 1. The monoisotopic (exact) mass is 234 g/mol. The van der Waals surface area contributed by atoms with Crippen LogP contribution < -0.4 is 5.32 Å². The van der Waals surface area contributed by atoms with Crippen LogP contribution in [0.15, 0.2) is 18.2 Å². The molecule has 0 aliphatic rings. The molecule has 3 nitrogen and oxygen atoms in total. The normalized spacial score (nSPS) is 10.5. The summed E-state index contributed by atoms with van der Waals surface area (Å²) in [6.45, 7) is 8.47. The maximum absolute atomic E-state index is 11.8. The predicted molar refractivity (Wildman–Crippen MR) is 72.3 cm³/mol. The summed E-state index contributed by atoms with van der Waals surface area (Å²) in [5.74, 6) is 0.110. The first kappa shape index (κ1) is 13.6. The Labute approximate surface area is 104 Å². The SMILES string of the molecule is Cc1cc(C)cc(NCC(=O)N(C)C(C)C)c1. The molecule has 1 rings (SSSR count). The van der Waals surface area contributed by atoms with E-state index in [0.717, 1.165) is 5.69 Å². The van der Waals surface area contributed by atoms with Gasteiger partial charge in [-0.25, -0.2) is 0 Å². The molecule has 0 unspecified atom stereocenters. The molecule has 1 aromatic carbocycles. The molecule has 0 saturated heterocycles. The number of benzene rings is 1. The molecule has 1 amide bonds. The molecular weight excluding hydrogens is 212 g/mol. The van der Waals surface area contributed by atoms with Crippen LogP contribution in [0.3, 0.4) is 0 Å². The molecule has 1 aromatic rings. The highest BCUT2D eigenvalue weighted by Gasteiger charge is 2.11. The number of rotatable bonds is 4. The summed E-state index contributed by atoms with van der Waals surface area (Å²) in [6, 6.07) is 6.46. The van der Waals surface area contributed by atoms with Crippen molar-refractivity contribution in [2.45, 2.75) is 33.7 Å². The number of amides is 1. The molecule has 0 aromatic heterocycles. The predicted octanol–water partition coefficient (Wildman–Crippen LogP) is 2.58. The van der Waals surface area contributed by atoms with E-state index < -0.39 is 0 Å². The number of nitrogens with zero attached hydrogens (tertiary/aromatic N) is 1. The number of anilines is 1. The first-order chi connectivity index (χ1) is 7.90. The minimum atomic E-state index is 0.110. The van der Waals surface area contributed by atoms with Crippen LogP contribution in [-0.2, 0) is 4.79 Å². The van der Waals surface area contributed by atoms with Crippen molar-refractivity contribution in [2.24, 2.45) is 0 Å². The zero-order valence-electron chi connectivity index (χ0n) is 11.4. The van der Waals surface area contributed by atoms with Crippen molar-refractivity contribution in [3.05, 3.63) is 29.3 Å². The Kier molecular flexibility index (Phi) is 4.55. The summed E-state index contributed by atoms with van der Waals surface area (Å²) < 4.78 is 0. The Bertz CT molecular complexity index is 379. The van der Waals surface area contributed by atoms with Crippen molar-refractivity contribution in [1.29, 1.82) is 0 Å². The average Bonchev–Trinajstić information content (AvgIpc) is 2.23. The fraction of sp³-hybridized carbons (Fsp3) is 0.500. The highest BCUT2D eigenvalue weighted by atomic mass is 16.2. The Balaban J connectivity index is 2.58. The van der Waals surface area contributed by atoms with Gasteiger partial charge in [-0.05, 0) is 51.0 Å². The van der Waals surface area contributed by atoms with E-state index in [0.29, 0.717) is 6.54 Å². The average molecular weight is 234 g/mol. The van der Waals surface area contributed by atoms with E-state index in [1.165, 1.54) is 11.1 Å². The van der Waals surface area contributed by atoms with Gasteiger partial charge in [-0.1, -0.05) is 6.07 Å². The number of nitrogens with one attached hydrogen (secondary N) is 1. The zero-order valence-corrected chi connectivity index (χ0v) is 11.4. The molecule has 0 aliphatic heterocycles. The van der Waals surface area contributed by atoms with Crippen LogP contribution in [0.2, 0.25) is 0 Å². The highest BCUT2D eigenvalue weighted by Crippen LogP contribution is 2.13. The van der Waals surface area contributed by atoms with E-state index in [1.54, 1.807) is 4.90 Å². The van der Waals surface area contributed by atoms with Gasteiger partial charge in [0.15, 0.2) is 0 Å². The molecule has 0 atom stereocenters. The van der Waals surface area contributed by atoms with Crippen molar-refractivity contribution in [3.63, 3.8) is 0 Å². The number of carbonyl (C=O) groups is 1. The summed E-state index contributed by atoms with van der Waals surface area (Å²) >= 11 is 0. The molecule has 0 fully saturated rings. The van der Waals surface area contributed by atoms with Gasteiger partial charge in [0.05, 0.1) is 6.54 Å². The molecule has 0 bridgehead atoms. The lowest BCUT2D eigenvalue weighted by molar-refractivity contribution is -0.129. The Hall–Kier alpha value is -1.51. The highest BCUT2D eigenvalue weighted by molar-refractivity contribution is 5.80. The van der Waals surface area contributed by atoms with E-state index in [1.807, 2.05) is 20.9 Å². The van der Waals surface area contributed by atoms with Crippen LogP contribution in [0, 0.1) is 13.8 Å². The third-order valence-corrected chi connectivity index (χ3v) is 2.83. The lowest BCUT2D eigenvalue weighted by Gasteiger charge is -2.21. The minimum absolute atomic E-state index is 0.110. The topological polar surface area (TPSA) is 32.3 Å². The van der Waals surface area contributed by atoms with E-state index in [2.05, 4.69) is 37.4 Å². The van der Waals surface area contributed by atoms with Crippen molar-refractivity contribution >= 4 is 11.6 Å². The van der Waals surface area contributed by atoms with Gasteiger partial charge in [-0.3, -0.25) is 4.79 Å². The van der Waals surface area contributed by atoms with Gasteiger partial charge in [-0.15, -0.1) is 0 Å². The first-order valence-corrected chi connectivity index (χ1v) is 5.98. The summed E-state index contributed by atoms with van der Waals surface area (Å²) in [4.78, 5) is 13.5. The summed E-state index contributed by atoms with van der Waals surface area (Å²) in [7, 11) is 1.83. The van der Waals surface area contributed by atoms with Gasteiger partial charge in [0.2, 0.25) is 5.91 Å². The molecule has 0 heterocycles. The van der Waals surface area contributed by atoms with Crippen LogP contribution in [0.4, 0.5) is 5.69 Å². The van der Waals surface area contributed by atoms with Gasteiger partial charge < -0.3 is 10.2 Å². The number of aryl methyl sites for hydroxylation is 2. The molecule has 94 valence electrons. The molecule has 0 spiro atoms. The van der Waals surface area contributed by atoms with Crippen LogP contribution in [-0.4, -0.2) is 30.4 Å². The van der Waals surface area contributed by atoms with Gasteiger partial charge in [-0.2, -0.15) is 0 Å². The van der Waals surface area contributed by atoms with Crippen LogP contribution in [0.25, 0.3) is 0 Å².